The van der Waals surface area contributed by atoms with Gasteiger partial charge in [0.25, 0.3) is 0 Å². The number of nitrogens with zero attached hydrogens (tertiary/aromatic N) is 1. The van der Waals surface area contributed by atoms with Gasteiger partial charge in [0.05, 0.1) is 0 Å². The second kappa shape index (κ2) is 3.45. The molecule has 0 aliphatic carbocycles. The third-order valence-corrected chi connectivity index (χ3v) is 3.35. The molecule has 0 aromatic rings. The van der Waals surface area contributed by atoms with Crippen molar-refractivity contribution in [2.24, 2.45) is 0 Å². The van der Waals surface area contributed by atoms with Gasteiger partial charge in [-0.2, -0.15) is 0 Å². The molecule has 1 rings (SSSR count). The van der Waals surface area contributed by atoms with Gasteiger partial charge in [-0.25, -0.2) is 0 Å². The molecule has 0 radical (unpaired) electrons. The maximum absolute atomic E-state index is 3.84. The quantitative estimate of drug-likeness (QED) is 0.591. The maximum atomic E-state index is 3.84. The molecule has 0 aromatic carbocycles. The molecule has 0 saturated carbocycles. The molecule has 1 aliphatic rings. The number of rotatable bonds is 2. The summed E-state index contributed by atoms with van der Waals surface area (Å²) >= 11 is 0. The first-order chi connectivity index (χ1) is 5.90. The van der Waals surface area contributed by atoms with Gasteiger partial charge in [-0.3, -0.25) is 4.90 Å². The van der Waals surface area contributed by atoms with Crippen molar-refractivity contribution in [1.82, 2.24) is 4.90 Å². The second-order valence-electron chi connectivity index (χ2n) is 5.38. The predicted octanol–water partition coefficient (Wildman–Crippen LogP) is 3.22. The Balaban J connectivity index is 2.83. The highest BCUT2D eigenvalue weighted by Crippen LogP contribution is 2.37. The van der Waals surface area contributed by atoms with E-state index in [4.69, 9.17) is 0 Å². The molecule has 0 atom stereocenters. The van der Waals surface area contributed by atoms with Crippen molar-refractivity contribution >= 4 is 0 Å². The second-order valence-corrected chi connectivity index (χ2v) is 5.38. The summed E-state index contributed by atoms with van der Waals surface area (Å²) in [5.74, 6) is 0. The lowest BCUT2D eigenvalue weighted by molar-refractivity contribution is -0.0162. The molecule has 0 unspecified atom stereocenters. The van der Waals surface area contributed by atoms with Gasteiger partial charge in [0, 0.05) is 17.6 Å². The summed E-state index contributed by atoms with van der Waals surface area (Å²) < 4.78 is 0. The van der Waals surface area contributed by atoms with E-state index in [-0.39, 0.29) is 0 Å². The molecule has 1 aliphatic heterocycles. The van der Waals surface area contributed by atoms with Gasteiger partial charge in [-0.1, -0.05) is 6.08 Å². The molecule has 0 spiro atoms. The average Bonchev–Trinajstić information content (AvgIpc) is 1.96. The fourth-order valence-electron chi connectivity index (χ4n) is 2.67. The summed E-state index contributed by atoms with van der Waals surface area (Å²) in [6, 6.07) is 0. The number of hydrogen-bond acceptors (Lipinski definition) is 1. The van der Waals surface area contributed by atoms with Crippen LogP contribution in [-0.4, -0.2) is 22.5 Å². The minimum Gasteiger partial charge on any atom is -0.289 e. The van der Waals surface area contributed by atoms with Crippen molar-refractivity contribution in [2.45, 2.75) is 58.0 Å². The van der Waals surface area contributed by atoms with Crippen LogP contribution in [0.15, 0.2) is 12.7 Å². The lowest BCUT2D eigenvalue weighted by Crippen LogP contribution is -2.58. The topological polar surface area (TPSA) is 3.24 Å². The van der Waals surface area contributed by atoms with Crippen LogP contribution in [0.4, 0.5) is 0 Å². The van der Waals surface area contributed by atoms with Crippen LogP contribution in [0.25, 0.3) is 0 Å². The zero-order valence-electron chi connectivity index (χ0n) is 9.56. The van der Waals surface area contributed by atoms with Gasteiger partial charge < -0.3 is 0 Å². The van der Waals surface area contributed by atoms with Crippen molar-refractivity contribution in [1.29, 1.82) is 0 Å². The normalized spacial score (nSPS) is 27.1. The Hall–Kier alpha value is -0.300. The summed E-state index contributed by atoms with van der Waals surface area (Å²) in [6.45, 7) is 14.2. The molecule has 1 fully saturated rings. The Labute approximate surface area is 82.8 Å². The van der Waals surface area contributed by atoms with E-state index in [1.54, 1.807) is 0 Å². The summed E-state index contributed by atoms with van der Waals surface area (Å²) in [6.07, 6.45) is 6.00. The minimum absolute atomic E-state index is 0.343. The van der Waals surface area contributed by atoms with Gasteiger partial charge in [-0.05, 0) is 47.0 Å². The van der Waals surface area contributed by atoms with E-state index >= 15 is 0 Å². The van der Waals surface area contributed by atoms with Crippen LogP contribution in [0.3, 0.4) is 0 Å². The Morgan fingerprint density at radius 1 is 1.15 bits per heavy atom. The third kappa shape index (κ3) is 2.14. The summed E-state index contributed by atoms with van der Waals surface area (Å²) in [5, 5.41) is 0. The molecule has 1 nitrogen and oxygen atoms in total. The molecular formula is C12H23N. The van der Waals surface area contributed by atoms with Crippen molar-refractivity contribution in [3.05, 3.63) is 12.7 Å². The van der Waals surface area contributed by atoms with Gasteiger partial charge in [-0.15, -0.1) is 6.58 Å². The lowest BCUT2D eigenvalue weighted by Gasteiger charge is -2.52. The highest BCUT2D eigenvalue weighted by molar-refractivity contribution is 4.99. The summed E-state index contributed by atoms with van der Waals surface area (Å²) in [7, 11) is 0. The van der Waals surface area contributed by atoms with Gasteiger partial charge in [0.2, 0.25) is 0 Å². The fraction of sp³-hybridized carbons (Fsp3) is 0.833. The number of likely N-dealkylation sites (tertiary alicyclic amines) is 1. The zero-order valence-corrected chi connectivity index (χ0v) is 9.56. The molecule has 76 valence electrons. The Kier molecular flexibility index (Phi) is 2.86. The summed E-state index contributed by atoms with van der Waals surface area (Å²) in [4.78, 5) is 2.58. The van der Waals surface area contributed by atoms with Crippen molar-refractivity contribution in [3.63, 3.8) is 0 Å². The van der Waals surface area contributed by atoms with Gasteiger partial charge >= 0.3 is 0 Å². The van der Waals surface area contributed by atoms with Gasteiger partial charge in [0.1, 0.15) is 0 Å². The number of piperidine rings is 1. The standard InChI is InChI=1S/C12H23N/c1-6-10-13-11(2,3)8-7-9-12(13,4)5/h6H,1,7-10H2,2-5H3. The van der Waals surface area contributed by atoms with E-state index in [2.05, 4.69) is 39.2 Å². The van der Waals surface area contributed by atoms with Crippen LogP contribution in [-0.2, 0) is 0 Å². The van der Waals surface area contributed by atoms with Crippen LogP contribution < -0.4 is 0 Å². The predicted molar refractivity (Wildman–Crippen MR) is 58.9 cm³/mol. The molecule has 0 aromatic heterocycles. The molecule has 0 N–H and O–H groups in total. The van der Waals surface area contributed by atoms with Crippen molar-refractivity contribution in [3.8, 4) is 0 Å². The van der Waals surface area contributed by atoms with Crippen LogP contribution in [0.2, 0.25) is 0 Å². The van der Waals surface area contributed by atoms with E-state index in [9.17, 15) is 0 Å². The molecule has 1 heterocycles. The van der Waals surface area contributed by atoms with E-state index in [1.165, 1.54) is 19.3 Å². The van der Waals surface area contributed by atoms with Gasteiger partial charge in [0.15, 0.2) is 0 Å². The smallest absolute Gasteiger partial charge is 0.0171 e. The first-order valence-electron chi connectivity index (χ1n) is 5.29. The maximum Gasteiger partial charge on any atom is 0.0171 e. The summed E-state index contributed by atoms with van der Waals surface area (Å²) in [5.41, 5.74) is 0.686. The zero-order chi connectivity index (χ0) is 10.1. The minimum atomic E-state index is 0.343. The van der Waals surface area contributed by atoms with Crippen molar-refractivity contribution in [2.75, 3.05) is 6.54 Å². The SMILES string of the molecule is C=CCN1C(C)(C)CCCC1(C)C. The monoisotopic (exact) mass is 181 g/mol. The van der Waals surface area contributed by atoms with Crippen LogP contribution in [0.5, 0.6) is 0 Å². The van der Waals surface area contributed by atoms with E-state index in [0.717, 1.165) is 6.54 Å². The first kappa shape index (κ1) is 10.8. The van der Waals surface area contributed by atoms with E-state index in [1.807, 2.05) is 6.08 Å². The van der Waals surface area contributed by atoms with Crippen LogP contribution in [0.1, 0.15) is 47.0 Å². The molecule has 0 amide bonds. The van der Waals surface area contributed by atoms with Crippen molar-refractivity contribution < 1.29 is 0 Å². The highest BCUT2D eigenvalue weighted by atomic mass is 15.2. The Morgan fingerprint density at radius 2 is 1.62 bits per heavy atom. The molecule has 1 heteroatoms. The van der Waals surface area contributed by atoms with E-state index < -0.39 is 0 Å². The van der Waals surface area contributed by atoms with E-state index in [0.29, 0.717) is 11.1 Å². The highest BCUT2D eigenvalue weighted by Gasteiger charge is 2.39. The molecule has 0 bridgehead atoms. The largest absolute Gasteiger partial charge is 0.289 e. The number of hydrogen-bond donors (Lipinski definition) is 0. The van der Waals surface area contributed by atoms with Crippen LogP contribution >= 0.6 is 0 Å². The lowest BCUT2D eigenvalue weighted by atomic mass is 9.80. The first-order valence-corrected chi connectivity index (χ1v) is 5.29. The molecular weight excluding hydrogens is 158 g/mol. The fourth-order valence-corrected chi connectivity index (χ4v) is 2.67. The molecule has 13 heavy (non-hydrogen) atoms. The van der Waals surface area contributed by atoms with Crippen LogP contribution in [0, 0.1) is 0 Å². The Morgan fingerprint density at radius 3 is 2.00 bits per heavy atom. The third-order valence-electron chi connectivity index (χ3n) is 3.35. The Bertz CT molecular complexity index is 175. The average molecular weight is 181 g/mol. The molecule has 1 saturated heterocycles.